The summed E-state index contributed by atoms with van der Waals surface area (Å²) in [6, 6.07) is 1.27. The monoisotopic (exact) mass is 298 g/mol. The molecule has 1 rings (SSSR count). The van der Waals surface area contributed by atoms with Crippen LogP contribution in [0.15, 0.2) is 0 Å². The summed E-state index contributed by atoms with van der Waals surface area (Å²) in [5, 5.41) is 3.77. The van der Waals surface area contributed by atoms with Crippen LogP contribution in [0.3, 0.4) is 0 Å². The molecule has 0 aromatic heterocycles. The molecule has 1 heterocycles. The molecule has 1 fully saturated rings. The number of hydrogen-bond acceptors (Lipinski definition) is 3. The van der Waals surface area contributed by atoms with Gasteiger partial charge in [0, 0.05) is 31.8 Å². The molecule has 0 saturated carbocycles. The number of piperazine rings is 1. The molecule has 21 heavy (non-hydrogen) atoms. The van der Waals surface area contributed by atoms with Gasteiger partial charge in [0.15, 0.2) is 0 Å². The smallest absolute Gasteiger partial charge is 0.0518 e. The molecule has 0 radical (unpaired) electrons. The van der Waals surface area contributed by atoms with Gasteiger partial charge in [-0.05, 0) is 44.6 Å². The van der Waals surface area contributed by atoms with Gasteiger partial charge in [0.2, 0.25) is 0 Å². The normalized spacial score (nSPS) is 25.0. The minimum atomic E-state index is 0.334. The molecule has 0 aliphatic carbocycles. The van der Waals surface area contributed by atoms with Crippen molar-refractivity contribution >= 4 is 0 Å². The van der Waals surface area contributed by atoms with Crippen molar-refractivity contribution in [2.45, 2.75) is 79.5 Å². The van der Waals surface area contributed by atoms with E-state index < -0.39 is 0 Å². The van der Waals surface area contributed by atoms with Crippen LogP contribution in [0.1, 0.15) is 61.3 Å². The van der Waals surface area contributed by atoms with Crippen molar-refractivity contribution in [1.29, 1.82) is 0 Å². The highest BCUT2D eigenvalue weighted by atomic mass is 16.5. The van der Waals surface area contributed by atoms with Crippen molar-refractivity contribution < 1.29 is 4.74 Å². The van der Waals surface area contributed by atoms with E-state index in [2.05, 4.69) is 58.7 Å². The molecule has 1 saturated heterocycles. The van der Waals surface area contributed by atoms with E-state index in [9.17, 15) is 0 Å². The highest BCUT2D eigenvalue weighted by Crippen LogP contribution is 2.25. The summed E-state index contributed by atoms with van der Waals surface area (Å²) in [4.78, 5) is 2.71. The summed E-state index contributed by atoms with van der Waals surface area (Å²) in [7, 11) is 0. The molecule has 2 atom stereocenters. The highest BCUT2D eigenvalue weighted by Gasteiger charge is 2.34. The van der Waals surface area contributed by atoms with Gasteiger partial charge in [0.1, 0.15) is 0 Å². The van der Waals surface area contributed by atoms with Crippen LogP contribution < -0.4 is 5.32 Å². The number of nitrogens with one attached hydrogen (secondary N) is 1. The second kappa shape index (κ2) is 8.50. The van der Waals surface area contributed by atoms with Crippen molar-refractivity contribution in [3.05, 3.63) is 0 Å². The van der Waals surface area contributed by atoms with Crippen LogP contribution >= 0.6 is 0 Å². The Kier molecular flexibility index (Phi) is 7.66. The van der Waals surface area contributed by atoms with Crippen molar-refractivity contribution in [2.75, 3.05) is 26.2 Å². The fraction of sp³-hybridized carbons (Fsp3) is 1.00. The first kappa shape index (κ1) is 18.9. The van der Waals surface area contributed by atoms with Gasteiger partial charge in [-0.3, -0.25) is 4.90 Å². The van der Waals surface area contributed by atoms with E-state index in [0.29, 0.717) is 29.5 Å². The molecule has 0 amide bonds. The average molecular weight is 299 g/mol. The predicted octanol–water partition coefficient (Wildman–Crippen LogP) is 3.54. The maximum Gasteiger partial charge on any atom is 0.0518 e. The summed E-state index contributed by atoms with van der Waals surface area (Å²) in [6.45, 7) is 20.4. The third-order valence-corrected chi connectivity index (χ3v) is 4.57. The van der Waals surface area contributed by atoms with Gasteiger partial charge in [-0.25, -0.2) is 0 Å². The summed E-state index contributed by atoms with van der Waals surface area (Å²) in [5.41, 5.74) is 0.334. The van der Waals surface area contributed by atoms with E-state index in [4.69, 9.17) is 4.74 Å². The highest BCUT2D eigenvalue weighted by molar-refractivity contribution is 4.92. The Morgan fingerprint density at radius 2 is 1.81 bits per heavy atom. The van der Waals surface area contributed by atoms with Crippen LogP contribution in [0.2, 0.25) is 0 Å². The Hall–Kier alpha value is -0.120. The minimum Gasteiger partial charge on any atom is -0.379 e. The van der Waals surface area contributed by atoms with Crippen molar-refractivity contribution in [1.82, 2.24) is 10.2 Å². The van der Waals surface area contributed by atoms with E-state index in [-0.39, 0.29) is 0 Å². The Morgan fingerprint density at radius 1 is 1.14 bits per heavy atom. The quantitative estimate of drug-likeness (QED) is 0.728. The molecule has 0 bridgehead atoms. The van der Waals surface area contributed by atoms with E-state index in [1.54, 1.807) is 0 Å². The molecule has 3 heteroatoms. The zero-order valence-electron chi connectivity index (χ0n) is 15.4. The van der Waals surface area contributed by atoms with E-state index >= 15 is 0 Å². The van der Waals surface area contributed by atoms with E-state index in [1.807, 2.05) is 0 Å². The van der Waals surface area contributed by atoms with Gasteiger partial charge in [0.05, 0.1) is 6.10 Å². The Labute approximate surface area is 132 Å². The zero-order valence-corrected chi connectivity index (χ0v) is 15.4. The average Bonchev–Trinajstić information content (AvgIpc) is 2.36. The number of nitrogens with zero attached hydrogens (tertiary/aromatic N) is 1. The van der Waals surface area contributed by atoms with Crippen LogP contribution in [0.4, 0.5) is 0 Å². The van der Waals surface area contributed by atoms with Gasteiger partial charge < -0.3 is 10.1 Å². The van der Waals surface area contributed by atoms with Gasteiger partial charge in [-0.2, -0.15) is 0 Å². The summed E-state index contributed by atoms with van der Waals surface area (Å²) in [6.07, 6.45) is 2.78. The number of unbranched alkanes of at least 4 members (excludes halogenated alkanes) is 1. The first-order chi connectivity index (χ1) is 9.71. The molecule has 0 aromatic carbocycles. The molecular weight excluding hydrogens is 260 g/mol. The standard InChI is InChI=1S/C18H38N2O/c1-14(2)16-12-19-17(18(5,6)7)13-20(16)10-8-9-11-21-15(3)4/h14-17,19H,8-13H2,1-7H3. The third kappa shape index (κ3) is 6.66. The maximum atomic E-state index is 5.65. The number of rotatable bonds is 7. The van der Waals surface area contributed by atoms with Gasteiger partial charge in [0.25, 0.3) is 0 Å². The number of hydrogen-bond donors (Lipinski definition) is 1. The molecular formula is C18H38N2O. The molecule has 126 valence electrons. The fourth-order valence-electron chi connectivity index (χ4n) is 3.06. The van der Waals surface area contributed by atoms with Crippen molar-refractivity contribution in [3.63, 3.8) is 0 Å². The van der Waals surface area contributed by atoms with Crippen LogP contribution in [0.5, 0.6) is 0 Å². The molecule has 0 spiro atoms. The topological polar surface area (TPSA) is 24.5 Å². The molecule has 1 aliphatic rings. The zero-order chi connectivity index (χ0) is 16.0. The van der Waals surface area contributed by atoms with Crippen LogP contribution in [-0.4, -0.2) is 49.3 Å². The molecule has 1 N–H and O–H groups in total. The first-order valence-electron chi connectivity index (χ1n) is 8.81. The van der Waals surface area contributed by atoms with Crippen LogP contribution in [0.25, 0.3) is 0 Å². The van der Waals surface area contributed by atoms with Crippen molar-refractivity contribution in [2.24, 2.45) is 11.3 Å². The Morgan fingerprint density at radius 3 is 2.33 bits per heavy atom. The van der Waals surface area contributed by atoms with E-state index in [0.717, 1.165) is 13.2 Å². The van der Waals surface area contributed by atoms with Crippen molar-refractivity contribution in [3.8, 4) is 0 Å². The molecule has 2 unspecified atom stereocenters. The second-order valence-electron chi connectivity index (χ2n) is 8.26. The van der Waals surface area contributed by atoms with Gasteiger partial charge in [-0.15, -0.1) is 0 Å². The first-order valence-corrected chi connectivity index (χ1v) is 8.81. The van der Waals surface area contributed by atoms with Crippen LogP contribution in [0, 0.1) is 11.3 Å². The summed E-state index contributed by atoms with van der Waals surface area (Å²) < 4.78 is 5.65. The second-order valence-corrected chi connectivity index (χ2v) is 8.26. The minimum absolute atomic E-state index is 0.334. The lowest BCUT2D eigenvalue weighted by molar-refractivity contribution is 0.0515. The summed E-state index contributed by atoms with van der Waals surface area (Å²) in [5.74, 6) is 0.713. The Bertz CT molecular complexity index is 283. The molecule has 3 nitrogen and oxygen atoms in total. The third-order valence-electron chi connectivity index (χ3n) is 4.57. The van der Waals surface area contributed by atoms with Gasteiger partial charge in [-0.1, -0.05) is 34.6 Å². The van der Waals surface area contributed by atoms with Crippen LogP contribution in [-0.2, 0) is 4.74 Å². The van der Waals surface area contributed by atoms with Gasteiger partial charge >= 0.3 is 0 Å². The maximum absolute atomic E-state index is 5.65. The number of ether oxygens (including phenoxy) is 1. The SMILES string of the molecule is CC(C)OCCCCN1CC(C(C)(C)C)NCC1C(C)C. The van der Waals surface area contributed by atoms with E-state index in [1.165, 1.54) is 25.9 Å². The molecule has 0 aromatic rings. The molecule has 1 aliphatic heterocycles. The summed E-state index contributed by atoms with van der Waals surface area (Å²) >= 11 is 0. The predicted molar refractivity (Wildman–Crippen MR) is 91.8 cm³/mol. The Balaban J connectivity index is 2.44. The largest absolute Gasteiger partial charge is 0.379 e. The lowest BCUT2D eigenvalue weighted by Gasteiger charge is -2.46. The fourth-order valence-corrected chi connectivity index (χ4v) is 3.06. The lowest BCUT2D eigenvalue weighted by atomic mass is 9.83. The lowest BCUT2D eigenvalue weighted by Crippen LogP contribution is -2.61.